The Bertz CT molecular complexity index is 1270. The lowest BCUT2D eigenvalue weighted by atomic mass is 9.98. The Balaban J connectivity index is 1.18. The monoisotopic (exact) mass is 545 g/mol. The number of nitrogens with zero attached hydrogens (tertiary/aromatic N) is 2. The second-order valence-electron chi connectivity index (χ2n) is 10.6. The fourth-order valence-electron chi connectivity index (χ4n) is 5.65. The van der Waals surface area contributed by atoms with Crippen molar-refractivity contribution in [2.45, 2.75) is 50.2 Å². The number of aliphatic hydroxyl groups excluding tert-OH is 1. The molecule has 4 heterocycles. The molecule has 3 atom stereocenters. The number of ether oxygens (including phenoxy) is 4. The molecule has 3 aliphatic heterocycles. The van der Waals surface area contributed by atoms with Gasteiger partial charge in [0.1, 0.15) is 0 Å². The van der Waals surface area contributed by atoms with Crippen LogP contribution in [-0.4, -0.2) is 65.6 Å². The lowest BCUT2D eigenvalue weighted by molar-refractivity contribution is -0.255. The highest BCUT2D eigenvalue weighted by molar-refractivity contribution is 6.04. The van der Waals surface area contributed by atoms with Crippen LogP contribution in [0.4, 0.5) is 5.69 Å². The van der Waals surface area contributed by atoms with E-state index in [9.17, 15) is 9.90 Å². The predicted molar refractivity (Wildman–Crippen MR) is 147 cm³/mol. The topological polar surface area (TPSA) is 102 Å². The van der Waals surface area contributed by atoms with E-state index in [1.807, 2.05) is 48.5 Å². The third-order valence-corrected chi connectivity index (χ3v) is 7.85. The van der Waals surface area contributed by atoms with Crippen molar-refractivity contribution in [3.8, 4) is 0 Å². The summed E-state index contributed by atoms with van der Waals surface area (Å²) in [5.41, 5.74) is 3.88. The molecule has 9 nitrogen and oxygen atoms in total. The van der Waals surface area contributed by atoms with E-state index in [0.29, 0.717) is 30.9 Å². The third kappa shape index (κ3) is 6.25. The summed E-state index contributed by atoms with van der Waals surface area (Å²) < 4.78 is 24.9. The van der Waals surface area contributed by atoms with E-state index in [2.05, 4.69) is 15.2 Å². The number of rotatable bonds is 7. The van der Waals surface area contributed by atoms with E-state index in [0.717, 1.165) is 49.2 Å². The maximum Gasteiger partial charge on any atom is 0.257 e. The van der Waals surface area contributed by atoms with E-state index in [-0.39, 0.29) is 24.7 Å². The van der Waals surface area contributed by atoms with Crippen LogP contribution < -0.4 is 5.32 Å². The van der Waals surface area contributed by atoms with Gasteiger partial charge < -0.3 is 34.3 Å². The Morgan fingerprint density at radius 3 is 2.52 bits per heavy atom. The first-order chi connectivity index (χ1) is 19.6. The second-order valence-corrected chi connectivity index (χ2v) is 10.6. The normalized spacial score (nSPS) is 24.7. The number of carbonyl (C=O) groups excluding carboxylic acids is 1. The molecule has 0 radical (unpaired) electrons. The van der Waals surface area contributed by atoms with Gasteiger partial charge in [-0.05, 0) is 35.4 Å². The molecular weight excluding hydrogens is 510 g/mol. The Morgan fingerprint density at radius 1 is 1.00 bits per heavy atom. The first-order valence-electron chi connectivity index (χ1n) is 13.9. The molecule has 3 aromatic rings. The Hall–Kier alpha value is -3.18. The SMILES string of the molecule is O=C(Nc1cccc([C@@H]2O[C@H](CN3CCC4(CC3)OCCO4)C[C@H](c3ccc(CO)cc3)O2)c1)c1cccnc1. The van der Waals surface area contributed by atoms with Gasteiger partial charge in [-0.15, -0.1) is 0 Å². The van der Waals surface area contributed by atoms with Crippen LogP contribution in [0.1, 0.15) is 58.7 Å². The average Bonchev–Trinajstić information content (AvgIpc) is 3.47. The van der Waals surface area contributed by atoms with Crippen molar-refractivity contribution in [3.63, 3.8) is 0 Å². The highest BCUT2D eigenvalue weighted by atomic mass is 16.7. The minimum absolute atomic E-state index is 0.00159. The van der Waals surface area contributed by atoms with Crippen molar-refractivity contribution in [1.82, 2.24) is 9.88 Å². The summed E-state index contributed by atoms with van der Waals surface area (Å²) in [4.78, 5) is 19.1. The minimum Gasteiger partial charge on any atom is -0.392 e. The van der Waals surface area contributed by atoms with Crippen molar-refractivity contribution in [3.05, 3.63) is 95.3 Å². The number of aliphatic hydroxyl groups is 1. The standard InChI is InChI=1S/C31H35N3O6/c35-21-22-6-8-23(9-7-22)28-18-27(20-34-13-10-31(11-14-34)37-15-16-38-31)39-30(40-28)24-3-1-5-26(17-24)33-29(36)25-4-2-12-32-19-25/h1-9,12,17,19,27-28,30,35H,10-11,13-16,18,20-21H2,(H,33,36)/t27-,28+,30+/m0/s1. The molecule has 0 aliphatic carbocycles. The zero-order valence-corrected chi connectivity index (χ0v) is 22.4. The summed E-state index contributed by atoms with van der Waals surface area (Å²) in [6, 6.07) is 18.9. The van der Waals surface area contributed by atoms with E-state index < -0.39 is 12.1 Å². The number of likely N-dealkylation sites (tertiary alicyclic amines) is 1. The molecule has 0 bridgehead atoms. The molecule has 3 aliphatic rings. The van der Waals surface area contributed by atoms with Gasteiger partial charge in [-0.3, -0.25) is 9.78 Å². The van der Waals surface area contributed by atoms with Gasteiger partial charge in [-0.2, -0.15) is 0 Å². The minimum atomic E-state index is -0.603. The number of anilines is 1. The number of hydrogen-bond donors (Lipinski definition) is 2. The fourth-order valence-corrected chi connectivity index (χ4v) is 5.65. The molecule has 6 rings (SSSR count). The summed E-state index contributed by atoms with van der Waals surface area (Å²) in [6.45, 7) is 3.89. The van der Waals surface area contributed by atoms with Crippen molar-refractivity contribution < 1.29 is 28.8 Å². The summed E-state index contributed by atoms with van der Waals surface area (Å²) in [7, 11) is 0. The molecule has 1 amide bonds. The van der Waals surface area contributed by atoms with Gasteiger partial charge in [0.2, 0.25) is 0 Å². The first kappa shape index (κ1) is 27.0. The fraction of sp³-hybridized carbons (Fsp3) is 0.419. The van der Waals surface area contributed by atoms with Crippen molar-refractivity contribution in [2.75, 3.05) is 38.2 Å². The second kappa shape index (κ2) is 12.1. The highest BCUT2D eigenvalue weighted by Gasteiger charge is 2.41. The molecule has 2 N–H and O–H groups in total. The average molecular weight is 546 g/mol. The number of carbonyl (C=O) groups is 1. The molecule has 3 saturated heterocycles. The molecule has 3 fully saturated rings. The predicted octanol–water partition coefficient (Wildman–Crippen LogP) is 4.21. The molecule has 0 saturated carbocycles. The number of benzene rings is 2. The number of amides is 1. The van der Waals surface area contributed by atoms with Crippen molar-refractivity contribution in [2.24, 2.45) is 0 Å². The third-order valence-electron chi connectivity index (χ3n) is 7.85. The van der Waals surface area contributed by atoms with Crippen LogP contribution in [0.25, 0.3) is 0 Å². The van der Waals surface area contributed by atoms with Crippen LogP contribution in [0.3, 0.4) is 0 Å². The molecule has 1 spiro atoms. The van der Waals surface area contributed by atoms with E-state index in [1.54, 1.807) is 18.3 Å². The maximum atomic E-state index is 12.7. The van der Waals surface area contributed by atoms with Crippen LogP contribution in [0, 0.1) is 0 Å². The molecular formula is C31H35N3O6. The van der Waals surface area contributed by atoms with E-state index in [1.165, 1.54) is 6.20 Å². The maximum absolute atomic E-state index is 12.7. The lowest BCUT2D eigenvalue weighted by Gasteiger charge is -2.41. The Kier molecular flexibility index (Phi) is 8.20. The van der Waals surface area contributed by atoms with Gasteiger partial charge in [0, 0.05) is 62.5 Å². The number of piperidine rings is 1. The van der Waals surface area contributed by atoms with E-state index in [4.69, 9.17) is 18.9 Å². The zero-order valence-electron chi connectivity index (χ0n) is 22.4. The molecule has 1 aromatic heterocycles. The van der Waals surface area contributed by atoms with Gasteiger partial charge in [-0.25, -0.2) is 0 Å². The van der Waals surface area contributed by atoms with Gasteiger partial charge in [0.05, 0.1) is 37.6 Å². The Morgan fingerprint density at radius 2 is 1.80 bits per heavy atom. The lowest BCUT2D eigenvalue weighted by Crippen LogP contribution is -2.48. The van der Waals surface area contributed by atoms with Gasteiger partial charge in [0.15, 0.2) is 12.1 Å². The highest BCUT2D eigenvalue weighted by Crippen LogP contribution is 2.39. The summed E-state index contributed by atoms with van der Waals surface area (Å²) in [5, 5.41) is 12.4. The van der Waals surface area contributed by atoms with Gasteiger partial charge >= 0.3 is 0 Å². The van der Waals surface area contributed by atoms with Crippen LogP contribution in [-0.2, 0) is 25.6 Å². The largest absolute Gasteiger partial charge is 0.392 e. The van der Waals surface area contributed by atoms with Crippen LogP contribution in [0.2, 0.25) is 0 Å². The van der Waals surface area contributed by atoms with Crippen LogP contribution in [0.15, 0.2) is 73.1 Å². The van der Waals surface area contributed by atoms with Crippen LogP contribution >= 0.6 is 0 Å². The quantitative estimate of drug-likeness (QED) is 0.455. The summed E-state index contributed by atoms with van der Waals surface area (Å²) in [5.74, 6) is -0.638. The number of pyridine rings is 1. The number of nitrogens with one attached hydrogen (secondary N) is 1. The molecule has 2 aromatic carbocycles. The van der Waals surface area contributed by atoms with Gasteiger partial charge in [-0.1, -0.05) is 36.4 Å². The number of aromatic nitrogens is 1. The summed E-state index contributed by atoms with van der Waals surface area (Å²) in [6.07, 6.45) is 4.75. The molecule has 9 heteroatoms. The van der Waals surface area contributed by atoms with Crippen molar-refractivity contribution in [1.29, 1.82) is 0 Å². The van der Waals surface area contributed by atoms with E-state index >= 15 is 0 Å². The number of hydrogen-bond acceptors (Lipinski definition) is 8. The smallest absolute Gasteiger partial charge is 0.257 e. The zero-order chi connectivity index (χ0) is 27.4. The van der Waals surface area contributed by atoms with Crippen molar-refractivity contribution >= 4 is 11.6 Å². The molecule has 40 heavy (non-hydrogen) atoms. The summed E-state index contributed by atoms with van der Waals surface area (Å²) >= 11 is 0. The first-order valence-corrected chi connectivity index (χ1v) is 13.9. The molecule has 210 valence electrons. The Labute approximate surface area is 234 Å². The molecule has 0 unspecified atom stereocenters. The van der Waals surface area contributed by atoms with Gasteiger partial charge in [0.25, 0.3) is 5.91 Å². The van der Waals surface area contributed by atoms with Crippen LogP contribution in [0.5, 0.6) is 0 Å².